The molecule has 0 spiro atoms. The highest BCUT2D eigenvalue weighted by Crippen LogP contribution is 2.19. The van der Waals surface area contributed by atoms with E-state index in [0.717, 1.165) is 37.2 Å². The summed E-state index contributed by atoms with van der Waals surface area (Å²) in [6, 6.07) is 9.96. The smallest absolute Gasteiger partial charge is 0.407 e. The second kappa shape index (κ2) is 7.47. The number of carbonyl (C=O) groups is 1. The van der Waals surface area contributed by atoms with Gasteiger partial charge in [-0.1, -0.05) is 18.2 Å². The van der Waals surface area contributed by atoms with Gasteiger partial charge in [-0.2, -0.15) is 5.26 Å². The van der Waals surface area contributed by atoms with Gasteiger partial charge in [-0.25, -0.2) is 4.79 Å². The van der Waals surface area contributed by atoms with Gasteiger partial charge in [-0.05, 0) is 51.3 Å². The highest BCUT2D eigenvalue weighted by molar-refractivity contribution is 5.67. The predicted molar refractivity (Wildman–Crippen MR) is 88.8 cm³/mol. The molecule has 0 aromatic heterocycles. The normalized spacial score (nSPS) is 18.4. The van der Waals surface area contributed by atoms with E-state index in [1.165, 1.54) is 0 Å². The molecule has 1 N–H and O–H groups in total. The largest absolute Gasteiger partial charge is 0.444 e. The summed E-state index contributed by atoms with van der Waals surface area (Å²) in [5.41, 5.74) is 1.34. The highest BCUT2D eigenvalue weighted by atomic mass is 16.6. The van der Waals surface area contributed by atoms with Crippen molar-refractivity contribution < 1.29 is 9.53 Å². The number of hydrogen-bond acceptors (Lipinski definition) is 4. The average molecular weight is 315 g/mol. The van der Waals surface area contributed by atoms with Crippen molar-refractivity contribution in [3.63, 3.8) is 0 Å². The first-order chi connectivity index (χ1) is 10.9. The van der Waals surface area contributed by atoms with E-state index in [0.29, 0.717) is 12.5 Å². The van der Waals surface area contributed by atoms with Gasteiger partial charge in [0.2, 0.25) is 0 Å². The second-order valence-corrected chi connectivity index (χ2v) is 7.04. The van der Waals surface area contributed by atoms with E-state index in [2.05, 4.69) is 16.3 Å². The molecule has 23 heavy (non-hydrogen) atoms. The Morgan fingerprint density at radius 2 is 2.17 bits per heavy atom. The number of likely N-dealkylation sites (tertiary alicyclic amines) is 1. The fraction of sp³-hybridized carbons (Fsp3) is 0.556. The number of ether oxygens (including phenoxy) is 1. The zero-order chi connectivity index (χ0) is 16.9. The van der Waals surface area contributed by atoms with Crippen LogP contribution in [-0.2, 0) is 11.3 Å². The zero-order valence-electron chi connectivity index (χ0n) is 14.1. The maximum Gasteiger partial charge on any atom is 0.407 e. The minimum atomic E-state index is -0.465. The molecule has 0 radical (unpaired) electrons. The number of nitriles is 1. The summed E-state index contributed by atoms with van der Waals surface area (Å²) in [5.74, 6) is 0.428. The molecule has 0 saturated carbocycles. The van der Waals surface area contributed by atoms with Crippen LogP contribution in [0, 0.1) is 17.2 Å². The summed E-state index contributed by atoms with van der Waals surface area (Å²) in [4.78, 5) is 14.0. The Hall–Kier alpha value is -2.06. The Balaban J connectivity index is 1.78. The molecule has 124 valence electrons. The maximum absolute atomic E-state index is 11.7. The van der Waals surface area contributed by atoms with E-state index >= 15 is 0 Å². The van der Waals surface area contributed by atoms with Gasteiger partial charge < -0.3 is 10.1 Å². The van der Waals surface area contributed by atoms with Crippen molar-refractivity contribution in [1.29, 1.82) is 5.26 Å². The van der Waals surface area contributed by atoms with Crippen molar-refractivity contribution in [3.8, 4) is 6.07 Å². The topological polar surface area (TPSA) is 65.4 Å². The SMILES string of the molecule is CC(C)(C)OC(=O)NC[C@@H]1CCN(Cc2ccccc2C#N)C1. The van der Waals surface area contributed by atoms with Gasteiger partial charge >= 0.3 is 6.09 Å². The van der Waals surface area contributed by atoms with Crippen LogP contribution in [0.3, 0.4) is 0 Å². The minimum absolute atomic E-state index is 0.356. The van der Waals surface area contributed by atoms with Gasteiger partial charge in [0, 0.05) is 19.6 Å². The quantitative estimate of drug-likeness (QED) is 0.928. The van der Waals surface area contributed by atoms with Crippen molar-refractivity contribution >= 4 is 6.09 Å². The number of carbonyl (C=O) groups excluding carboxylic acids is 1. The standard InChI is InChI=1S/C18H25N3O2/c1-18(2,3)23-17(22)20-11-14-8-9-21(12-14)13-16-7-5-4-6-15(16)10-19/h4-7,14H,8-9,11-13H2,1-3H3,(H,20,22)/t14-/m0/s1. The molecule has 0 bridgehead atoms. The molecule has 1 fully saturated rings. The van der Waals surface area contributed by atoms with E-state index in [-0.39, 0.29) is 6.09 Å². The minimum Gasteiger partial charge on any atom is -0.444 e. The number of rotatable bonds is 4. The van der Waals surface area contributed by atoms with E-state index in [1.807, 2.05) is 45.0 Å². The van der Waals surface area contributed by atoms with Crippen LogP contribution >= 0.6 is 0 Å². The van der Waals surface area contributed by atoms with Crippen molar-refractivity contribution in [3.05, 3.63) is 35.4 Å². The molecule has 1 heterocycles. The Labute approximate surface area is 138 Å². The molecule has 5 heteroatoms. The van der Waals surface area contributed by atoms with Crippen LogP contribution < -0.4 is 5.32 Å². The average Bonchev–Trinajstić information content (AvgIpc) is 2.91. The van der Waals surface area contributed by atoms with Gasteiger partial charge in [0.05, 0.1) is 11.6 Å². The van der Waals surface area contributed by atoms with Crippen LogP contribution in [-0.4, -0.2) is 36.2 Å². The molecule has 1 aromatic rings. The van der Waals surface area contributed by atoms with E-state index in [9.17, 15) is 4.79 Å². The molecule has 1 aromatic carbocycles. The Morgan fingerprint density at radius 1 is 1.43 bits per heavy atom. The number of benzene rings is 1. The van der Waals surface area contributed by atoms with E-state index < -0.39 is 5.60 Å². The third kappa shape index (κ3) is 5.57. The fourth-order valence-electron chi connectivity index (χ4n) is 2.77. The first kappa shape index (κ1) is 17.3. The van der Waals surface area contributed by atoms with Crippen LogP contribution in [0.2, 0.25) is 0 Å². The number of nitrogens with one attached hydrogen (secondary N) is 1. The molecule has 1 amide bonds. The highest BCUT2D eigenvalue weighted by Gasteiger charge is 2.24. The molecular formula is C18H25N3O2. The second-order valence-electron chi connectivity index (χ2n) is 7.04. The lowest BCUT2D eigenvalue weighted by atomic mass is 10.1. The molecule has 1 aliphatic heterocycles. The first-order valence-electron chi connectivity index (χ1n) is 8.04. The van der Waals surface area contributed by atoms with Gasteiger partial charge in [0.15, 0.2) is 0 Å². The molecule has 1 aliphatic rings. The lowest BCUT2D eigenvalue weighted by molar-refractivity contribution is 0.0519. The summed E-state index contributed by atoms with van der Waals surface area (Å²) < 4.78 is 5.25. The van der Waals surface area contributed by atoms with Gasteiger partial charge in [-0.15, -0.1) is 0 Å². The molecule has 0 unspecified atom stereocenters. The number of alkyl carbamates (subject to hydrolysis) is 1. The zero-order valence-corrected chi connectivity index (χ0v) is 14.1. The van der Waals surface area contributed by atoms with Crippen molar-refractivity contribution in [2.75, 3.05) is 19.6 Å². The molecule has 1 saturated heterocycles. The summed E-state index contributed by atoms with van der Waals surface area (Å²) in [6.07, 6.45) is 0.690. The summed E-state index contributed by atoms with van der Waals surface area (Å²) in [7, 11) is 0. The Morgan fingerprint density at radius 3 is 2.87 bits per heavy atom. The van der Waals surface area contributed by atoms with Crippen molar-refractivity contribution in [2.45, 2.75) is 39.3 Å². The van der Waals surface area contributed by atoms with Crippen LogP contribution in [0.25, 0.3) is 0 Å². The van der Waals surface area contributed by atoms with Gasteiger partial charge in [-0.3, -0.25) is 4.90 Å². The Kier molecular flexibility index (Phi) is 5.62. The van der Waals surface area contributed by atoms with Crippen molar-refractivity contribution in [2.24, 2.45) is 5.92 Å². The first-order valence-corrected chi connectivity index (χ1v) is 8.04. The van der Waals surface area contributed by atoms with Gasteiger partial charge in [0.1, 0.15) is 5.60 Å². The van der Waals surface area contributed by atoms with Crippen LogP contribution in [0.15, 0.2) is 24.3 Å². The molecule has 1 atom stereocenters. The van der Waals surface area contributed by atoms with E-state index in [1.54, 1.807) is 0 Å². The molecule has 2 rings (SSSR count). The summed E-state index contributed by atoms with van der Waals surface area (Å²) in [6.45, 7) is 8.90. The molecule has 5 nitrogen and oxygen atoms in total. The van der Waals surface area contributed by atoms with Gasteiger partial charge in [0.25, 0.3) is 0 Å². The Bertz CT molecular complexity index is 587. The predicted octanol–water partition coefficient (Wildman–Crippen LogP) is 2.90. The lowest BCUT2D eigenvalue weighted by Crippen LogP contribution is -2.36. The molecule has 0 aliphatic carbocycles. The van der Waals surface area contributed by atoms with E-state index in [4.69, 9.17) is 10.00 Å². The van der Waals surface area contributed by atoms with Crippen molar-refractivity contribution in [1.82, 2.24) is 10.2 Å². The van der Waals surface area contributed by atoms with Crippen LogP contribution in [0.5, 0.6) is 0 Å². The lowest BCUT2D eigenvalue weighted by Gasteiger charge is -2.21. The summed E-state index contributed by atoms with van der Waals surface area (Å²) in [5, 5.41) is 12.0. The number of hydrogen-bond donors (Lipinski definition) is 1. The third-order valence-corrected chi connectivity index (χ3v) is 3.84. The third-order valence-electron chi connectivity index (χ3n) is 3.84. The summed E-state index contributed by atoms with van der Waals surface area (Å²) >= 11 is 0. The number of amides is 1. The fourth-order valence-corrected chi connectivity index (χ4v) is 2.77. The number of nitrogens with zero attached hydrogens (tertiary/aromatic N) is 2. The van der Waals surface area contributed by atoms with Crippen LogP contribution in [0.4, 0.5) is 4.79 Å². The monoisotopic (exact) mass is 315 g/mol. The van der Waals surface area contributed by atoms with Crippen LogP contribution in [0.1, 0.15) is 38.3 Å². The maximum atomic E-state index is 11.7. The molecular weight excluding hydrogens is 290 g/mol.